The molecular formula is C9H6ClFN2O2. The summed E-state index contributed by atoms with van der Waals surface area (Å²) in [4.78, 5) is 24.1. The van der Waals surface area contributed by atoms with Crippen molar-refractivity contribution in [2.45, 2.75) is 6.92 Å². The molecule has 15 heavy (non-hydrogen) atoms. The fraction of sp³-hybridized carbons (Fsp3) is 0.111. The van der Waals surface area contributed by atoms with Crippen molar-refractivity contribution in [3.05, 3.63) is 23.0 Å². The Hall–Kier alpha value is -1.71. The van der Waals surface area contributed by atoms with E-state index in [-0.39, 0.29) is 22.3 Å². The number of hydrogen-bond donors (Lipinski definition) is 1. The number of benzene rings is 1. The first-order chi connectivity index (χ1) is 7.04. The van der Waals surface area contributed by atoms with Gasteiger partial charge < -0.3 is 5.32 Å². The topological polar surface area (TPSA) is 58.5 Å². The molecule has 1 aromatic carbocycles. The summed E-state index contributed by atoms with van der Waals surface area (Å²) >= 11 is 5.50. The minimum absolute atomic E-state index is 0.0258. The molecule has 0 aromatic heterocycles. The lowest BCUT2D eigenvalue weighted by atomic mass is 10.2. The van der Waals surface area contributed by atoms with Crippen LogP contribution in [0.4, 0.5) is 15.8 Å². The first-order valence-corrected chi connectivity index (χ1v) is 4.27. The second-order valence-corrected chi connectivity index (χ2v) is 3.07. The van der Waals surface area contributed by atoms with Gasteiger partial charge >= 0.3 is 0 Å². The number of aliphatic imine (C=N–C) groups is 1. The summed E-state index contributed by atoms with van der Waals surface area (Å²) in [6.45, 7) is 1.27. The third-order valence-electron chi connectivity index (χ3n) is 1.52. The number of carbonyl (C=O) groups excluding carboxylic acids is 2. The van der Waals surface area contributed by atoms with Gasteiger partial charge in [-0.15, -0.1) is 0 Å². The molecule has 0 fully saturated rings. The van der Waals surface area contributed by atoms with Crippen LogP contribution in [0.2, 0.25) is 5.02 Å². The Kier molecular flexibility index (Phi) is 3.55. The van der Waals surface area contributed by atoms with E-state index >= 15 is 0 Å². The first kappa shape index (κ1) is 11.4. The molecule has 4 nitrogen and oxygen atoms in total. The van der Waals surface area contributed by atoms with Crippen molar-refractivity contribution in [1.29, 1.82) is 0 Å². The summed E-state index contributed by atoms with van der Waals surface area (Å²) in [5, 5.41) is 2.20. The van der Waals surface area contributed by atoms with E-state index in [1.807, 2.05) is 0 Å². The Balaban J connectivity index is 3.27. The molecule has 0 unspecified atom stereocenters. The molecule has 1 rings (SSSR count). The average Bonchev–Trinajstić information content (AvgIpc) is 2.13. The lowest BCUT2D eigenvalue weighted by Crippen LogP contribution is -2.06. The molecule has 0 aliphatic carbocycles. The van der Waals surface area contributed by atoms with Gasteiger partial charge in [0.05, 0.1) is 10.7 Å². The molecule has 1 amide bonds. The van der Waals surface area contributed by atoms with Crippen LogP contribution in [-0.4, -0.2) is 12.0 Å². The zero-order valence-electron chi connectivity index (χ0n) is 7.67. The summed E-state index contributed by atoms with van der Waals surface area (Å²) in [5.74, 6) is -1.10. The third-order valence-corrected chi connectivity index (χ3v) is 1.81. The molecule has 0 saturated heterocycles. The van der Waals surface area contributed by atoms with Gasteiger partial charge in [0, 0.05) is 13.0 Å². The zero-order valence-corrected chi connectivity index (χ0v) is 8.43. The second-order valence-electron chi connectivity index (χ2n) is 2.67. The SMILES string of the molecule is CC(=O)Nc1cc(Cl)c(F)cc1N=C=O. The number of halogens is 2. The zero-order chi connectivity index (χ0) is 11.4. The molecule has 0 bridgehead atoms. The molecule has 0 atom stereocenters. The van der Waals surface area contributed by atoms with Gasteiger partial charge in [0.1, 0.15) is 11.5 Å². The Morgan fingerprint density at radius 2 is 2.27 bits per heavy atom. The largest absolute Gasteiger partial charge is 0.324 e. The molecule has 0 aliphatic heterocycles. The van der Waals surface area contributed by atoms with Gasteiger partial charge in [-0.3, -0.25) is 4.79 Å². The van der Waals surface area contributed by atoms with Crippen molar-refractivity contribution in [3.63, 3.8) is 0 Å². The van der Waals surface area contributed by atoms with Crippen LogP contribution in [0.15, 0.2) is 17.1 Å². The van der Waals surface area contributed by atoms with Gasteiger partial charge in [-0.05, 0) is 6.07 Å². The Bertz CT molecular complexity index is 456. The molecule has 78 valence electrons. The van der Waals surface area contributed by atoms with E-state index in [0.717, 1.165) is 6.07 Å². The summed E-state index contributed by atoms with van der Waals surface area (Å²) in [5.41, 5.74) is 0.138. The number of carbonyl (C=O) groups is 1. The second kappa shape index (κ2) is 4.68. The average molecular weight is 229 g/mol. The maximum atomic E-state index is 13.0. The number of isocyanates is 1. The van der Waals surface area contributed by atoms with Crippen LogP contribution in [0.25, 0.3) is 0 Å². The maximum absolute atomic E-state index is 13.0. The Morgan fingerprint density at radius 1 is 1.60 bits per heavy atom. The van der Waals surface area contributed by atoms with E-state index in [1.54, 1.807) is 0 Å². The highest BCUT2D eigenvalue weighted by Crippen LogP contribution is 2.30. The number of anilines is 1. The number of rotatable bonds is 2. The van der Waals surface area contributed by atoms with E-state index < -0.39 is 5.82 Å². The normalized spacial score (nSPS) is 9.27. The number of nitrogens with zero attached hydrogens (tertiary/aromatic N) is 1. The van der Waals surface area contributed by atoms with E-state index in [1.165, 1.54) is 19.1 Å². The molecule has 0 heterocycles. The van der Waals surface area contributed by atoms with Gasteiger partial charge in [-0.2, -0.15) is 4.99 Å². The van der Waals surface area contributed by atoms with Crippen molar-refractivity contribution in [2.75, 3.05) is 5.32 Å². The third kappa shape index (κ3) is 2.87. The number of nitrogens with one attached hydrogen (secondary N) is 1. The quantitative estimate of drug-likeness (QED) is 0.624. The predicted octanol–water partition coefficient (Wildman–Crippen LogP) is 2.40. The van der Waals surface area contributed by atoms with Crippen molar-refractivity contribution >= 4 is 35.0 Å². The monoisotopic (exact) mass is 228 g/mol. The van der Waals surface area contributed by atoms with Crippen molar-refractivity contribution in [3.8, 4) is 0 Å². The molecule has 0 radical (unpaired) electrons. The van der Waals surface area contributed by atoms with Crippen molar-refractivity contribution < 1.29 is 14.0 Å². The summed E-state index contributed by atoms with van der Waals surface area (Å²) < 4.78 is 13.0. The molecule has 1 N–H and O–H groups in total. The van der Waals surface area contributed by atoms with E-state index in [4.69, 9.17) is 11.6 Å². The predicted molar refractivity (Wildman–Crippen MR) is 53.5 cm³/mol. The highest BCUT2D eigenvalue weighted by Gasteiger charge is 2.09. The molecule has 6 heteroatoms. The fourth-order valence-corrected chi connectivity index (χ4v) is 1.13. The highest BCUT2D eigenvalue weighted by molar-refractivity contribution is 6.31. The van der Waals surface area contributed by atoms with Gasteiger partial charge in [-0.25, -0.2) is 9.18 Å². The Morgan fingerprint density at radius 3 is 2.80 bits per heavy atom. The van der Waals surface area contributed by atoms with Gasteiger partial charge in [0.25, 0.3) is 0 Å². The molecular weight excluding hydrogens is 223 g/mol. The molecule has 0 saturated carbocycles. The van der Waals surface area contributed by atoms with Crippen LogP contribution in [0.5, 0.6) is 0 Å². The standard InChI is InChI=1S/C9H6ClFN2O2/c1-5(15)13-9-2-6(10)7(11)3-8(9)12-4-14/h2-3H,1H3,(H,13,15). The van der Waals surface area contributed by atoms with Crippen LogP contribution >= 0.6 is 11.6 Å². The molecule has 0 spiro atoms. The van der Waals surface area contributed by atoms with E-state index in [0.29, 0.717) is 0 Å². The van der Waals surface area contributed by atoms with Crippen LogP contribution in [0.1, 0.15) is 6.92 Å². The molecule has 0 aliphatic rings. The van der Waals surface area contributed by atoms with Crippen LogP contribution in [0.3, 0.4) is 0 Å². The van der Waals surface area contributed by atoms with Gasteiger partial charge in [-0.1, -0.05) is 11.6 Å². The summed E-state index contributed by atoms with van der Waals surface area (Å²) in [6, 6.07) is 2.12. The number of hydrogen-bond acceptors (Lipinski definition) is 3. The smallest absolute Gasteiger partial charge is 0.240 e. The lowest BCUT2D eigenvalue weighted by molar-refractivity contribution is -0.114. The summed E-state index contributed by atoms with van der Waals surface area (Å²) in [7, 11) is 0. The van der Waals surface area contributed by atoms with Crippen LogP contribution < -0.4 is 5.32 Å². The van der Waals surface area contributed by atoms with Gasteiger partial charge in [0.15, 0.2) is 0 Å². The maximum Gasteiger partial charge on any atom is 0.240 e. The van der Waals surface area contributed by atoms with Crippen molar-refractivity contribution in [1.82, 2.24) is 0 Å². The van der Waals surface area contributed by atoms with Crippen LogP contribution in [-0.2, 0) is 9.59 Å². The fourth-order valence-electron chi connectivity index (χ4n) is 0.968. The highest BCUT2D eigenvalue weighted by atomic mass is 35.5. The van der Waals surface area contributed by atoms with Gasteiger partial charge in [0.2, 0.25) is 12.0 Å². The molecule has 1 aromatic rings. The summed E-state index contributed by atoms with van der Waals surface area (Å²) in [6.07, 6.45) is 1.26. The van der Waals surface area contributed by atoms with E-state index in [2.05, 4.69) is 10.3 Å². The lowest BCUT2D eigenvalue weighted by Gasteiger charge is -2.05. The minimum atomic E-state index is -0.722. The van der Waals surface area contributed by atoms with Crippen LogP contribution in [0, 0.1) is 5.82 Å². The van der Waals surface area contributed by atoms with E-state index in [9.17, 15) is 14.0 Å². The van der Waals surface area contributed by atoms with Crippen molar-refractivity contribution in [2.24, 2.45) is 4.99 Å². The number of amides is 1. The Labute approximate surface area is 89.8 Å². The minimum Gasteiger partial charge on any atom is -0.324 e. The first-order valence-electron chi connectivity index (χ1n) is 3.89.